The Morgan fingerprint density at radius 2 is 1.89 bits per heavy atom. The minimum atomic E-state index is -0.683. The molecular formula is C14H17F2N3. The topological polar surface area (TPSA) is 43.8 Å². The quantitative estimate of drug-likeness (QED) is 0.905. The van der Waals surface area contributed by atoms with E-state index in [4.69, 9.17) is 5.73 Å². The highest BCUT2D eigenvalue weighted by molar-refractivity contribution is 5.43. The van der Waals surface area contributed by atoms with Crippen molar-refractivity contribution >= 4 is 5.82 Å². The molecule has 2 aromatic rings. The third kappa shape index (κ3) is 3.10. The van der Waals surface area contributed by atoms with Gasteiger partial charge in [0.1, 0.15) is 17.3 Å². The summed E-state index contributed by atoms with van der Waals surface area (Å²) in [5, 5.41) is 4.29. The number of hydrogen-bond acceptors (Lipinski definition) is 2. The van der Waals surface area contributed by atoms with E-state index in [1.165, 1.54) is 16.8 Å². The van der Waals surface area contributed by atoms with Crippen LogP contribution in [-0.2, 0) is 6.42 Å². The van der Waals surface area contributed by atoms with Gasteiger partial charge in [-0.15, -0.1) is 0 Å². The average molecular weight is 265 g/mol. The average Bonchev–Trinajstić information content (AvgIpc) is 2.56. The molecule has 0 aliphatic carbocycles. The maximum Gasteiger partial charge on any atom is 0.151 e. The number of aromatic nitrogens is 2. The Kier molecular flexibility index (Phi) is 3.30. The number of nitrogen functional groups attached to an aromatic ring is 1. The highest BCUT2D eigenvalue weighted by atomic mass is 19.1. The monoisotopic (exact) mass is 265 g/mol. The van der Waals surface area contributed by atoms with Crippen LogP contribution in [0.25, 0.3) is 5.69 Å². The van der Waals surface area contributed by atoms with Crippen molar-refractivity contribution in [2.24, 2.45) is 5.41 Å². The molecule has 0 fully saturated rings. The Labute approximate surface area is 111 Å². The molecule has 0 unspecified atom stereocenters. The van der Waals surface area contributed by atoms with Crippen molar-refractivity contribution in [3.05, 3.63) is 41.6 Å². The molecule has 5 heteroatoms. The lowest BCUT2D eigenvalue weighted by Gasteiger charge is -2.15. The Balaban J connectivity index is 2.40. The van der Waals surface area contributed by atoms with Gasteiger partial charge in [0.05, 0.1) is 5.69 Å². The minimum Gasteiger partial charge on any atom is -0.384 e. The van der Waals surface area contributed by atoms with Crippen molar-refractivity contribution in [2.75, 3.05) is 5.73 Å². The number of anilines is 1. The Morgan fingerprint density at radius 3 is 2.47 bits per heavy atom. The van der Waals surface area contributed by atoms with Crippen molar-refractivity contribution in [1.29, 1.82) is 0 Å². The SMILES string of the molecule is CC(C)(C)Cc1cc(N)n(-c2ccc(F)cc2F)n1. The van der Waals surface area contributed by atoms with Crippen molar-refractivity contribution in [3.8, 4) is 5.69 Å². The number of halogens is 2. The molecule has 0 radical (unpaired) electrons. The predicted octanol–water partition coefficient (Wildman–Crippen LogP) is 3.32. The normalized spacial score (nSPS) is 11.8. The van der Waals surface area contributed by atoms with Crippen LogP contribution in [0.2, 0.25) is 0 Å². The largest absolute Gasteiger partial charge is 0.384 e. The molecule has 0 saturated carbocycles. The van der Waals surface area contributed by atoms with E-state index < -0.39 is 11.6 Å². The van der Waals surface area contributed by atoms with Crippen LogP contribution in [0.1, 0.15) is 26.5 Å². The Hall–Kier alpha value is -1.91. The van der Waals surface area contributed by atoms with E-state index in [1.807, 2.05) is 0 Å². The first kappa shape index (κ1) is 13.5. The van der Waals surface area contributed by atoms with Gasteiger partial charge in [0.15, 0.2) is 5.82 Å². The highest BCUT2D eigenvalue weighted by Gasteiger charge is 2.17. The second-order valence-corrected chi connectivity index (χ2v) is 5.81. The summed E-state index contributed by atoms with van der Waals surface area (Å²) < 4.78 is 27.9. The molecule has 0 aliphatic rings. The van der Waals surface area contributed by atoms with Gasteiger partial charge in [-0.1, -0.05) is 20.8 Å². The molecule has 2 rings (SSSR count). The molecular weight excluding hydrogens is 248 g/mol. The van der Waals surface area contributed by atoms with Gasteiger partial charge in [-0.3, -0.25) is 0 Å². The van der Waals surface area contributed by atoms with E-state index in [0.29, 0.717) is 5.82 Å². The van der Waals surface area contributed by atoms with Crippen LogP contribution in [0.5, 0.6) is 0 Å². The van der Waals surface area contributed by atoms with Gasteiger partial charge < -0.3 is 5.73 Å². The van der Waals surface area contributed by atoms with Crippen LogP contribution in [-0.4, -0.2) is 9.78 Å². The van der Waals surface area contributed by atoms with Crippen molar-refractivity contribution < 1.29 is 8.78 Å². The van der Waals surface area contributed by atoms with Crippen molar-refractivity contribution in [2.45, 2.75) is 27.2 Å². The molecule has 0 amide bonds. The summed E-state index contributed by atoms with van der Waals surface area (Å²) in [5.41, 5.74) is 6.84. The number of benzene rings is 1. The first-order valence-corrected chi connectivity index (χ1v) is 6.06. The second kappa shape index (κ2) is 4.64. The summed E-state index contributed by atoms with van der Waals surface area (Å²) in [6, 6.07) is 5.05. The fourth-order valence-electron chi connectivity index (χ4n) is 1.92. The molecule has 19 heavy (non-hydrogen) atoms. The molecule has 1 heterocycles. The number of nitrogens with two attached hydrogens (primary N) is 1. The van der Waals surface area contributed by atoms with Crippen LogP contribution in [0.15, 0.2) is 24.3 Å². The van der Waals surface area contributed by atoms with E-state index in [2.05, 4.69) is 25.9 Å². The molecule has 3 nitrogen and oxygen atoms in total. The van der Waals surface area contributed by atoms with Gasteiger partial charge in [0, 0.05) is 12.1 Å². The van der Waals surface area contributed by atoms with E-state index in [-0.39, 0.29) is 11.1 Å². The maximum absolute atomic E-state index is 13.7. The summed E-state index contributed by atoms with van der Waals surface area (Å²) in [6.45, 7) is 6.25. The third-order valence-electron chi connectivity index (χ3n) is 2.64. The fourth-order valence-corrected chi connectivity index (χ4v) is 1.92. The van der Waals surface area contributed by atoms with E-state index in [0.717, 1.165) is 18.2 Å². The number of nitrogens with zero attached hydrogens (tertiary/aromatic N) is 2. The Morgan fingerprint density at radius 1 is 1.21 bits per heavy atom. The summed E-state index contributed by atoms with van der Waals surface area (Å²) in [7, 11) is 0. The zero-order chi connectivity index (χ0) is 14.2. The summed E-state index contributed by atoms with van der Waals surface area (Å²) >= 11 is 0. The van der Waals surface area contributed by atoms with Gasteiger partial charge in [0.25, 0.3) is 0 Å². The van der Waals surface area contributed by atoms with Crippen molar-refractivity contribution in [3.63, 3.8) is 0 Å². The van der Waals surface area contributed by atoms with Crippen LogP contribution >= 0.6 is 0 Å². The van der Waals surface area contributed by atoms with E-state index in [1.54, 1.807) is 6.07 Å². The van der Waals surface area contributed by atoms with Gasteiger partial charge >= 0.3 is 0 Å². The molecule has 2 N–H and O–H groups in total. The van der Waals surface area contributed by atoms with Gasteiger partial charge in [-0.2, -0.15) is 5.10 Å². The summed E-state index contributed by atoms with van der Waals surface area (Å²) in [6.07, 6.45) is 0.729. The molecule has 0 aliphatic heterocycles. The molecule has 1 aromatic carbocycles. The molecule has 102 valence electrons. The number of rotatable bonds is 2. The number of hydrogen-bond donors (Lipinski definition) is 1. The van der Waals surface area contributed by atoms with Gasteiger partial charge in [-0.25, -0.2) is 13.5 Å². The van der Waals surface area contributed by atoms with Crippen LogP contribution in [0.4, 0.5) is 14.6 Å². The lowest BCUT2D eigenvalue weighted by molar-refractivity contribution is 0.405. The molecule has 0 spiro atoms. The standard InChI is InChI=1S/C14H17F2N3/c1-14(2,3)8-10-7-13(17)19(18-10)12-5-4-9(15)6-11(12)16/h4-7H,8,17H2,1-3H3. The van der Waals surface area contributed by atoms with Crippen LogP contribution in [0.3, 0.4) is 0 Å². The first-order valence-electron chi connectivity index (χ1n) is 6.06. The van der Waals surface area contributed by atoms with E-state index >= 15 is 0 Å². The summed E-state index contributed by atoms with van der Waals surface area (Å²) in [4.78, 5) is 0. The third-order valence-corrected chi connectivity index (χ3v) is 2.64. The zero-order valence-corrected chi connectivity index (χ0v) is 11.2. The lowest BCUT2D eigenvalue weighted by atomic mass is 9.91. The first-order chi connectivity index (χ1) is 8.76. The molecule has 1 aromatic heterocycles. The van der Waals surface area contributed by atoms with Crippen LogP contribution < -0.4 is 5.73 Å². The summed E-state index contributed by atoms with van der Waals surface area (Å²) in [5.74, 6) is -0.969. The smallest absolute Gasteiger partial charge is 0.151 e. The maximum atomic E-state index is 13.7. The van der Waals surface area contributed by atoms with Gasteiger partial charge in [-0.05, 0) is 24.0 Å². The molecule has 0 atom stereocenters. The highest BCUT2D eigenvalue weighted by Crippen LogP contribution is 2.23. The Bertz CT molecular complexity index is 597. The predicted molar refractivity (Wildman–Crippen MR) is 71.1 cm³/mol. The second-order valence-electron chi connectivity index (χ2n) is 5.81. The van der Waals surface area contributed by atoms with Gasteiger partial charge in [0.2, 0.25) is 0 Å². The molecule has 0 saturated heterocycles. The fraction of sp³-hybridized carbons (Fsp3) is 0.357. The molecule has 0 bridgehead atoms. The minimum absolute atomic E-state index is 0.0625. The lowest BCUT2D eigenvalue weighted by Crippen LogP contribution is -2.10. The van der Waals surface area contributed by atoms with Crippen LogP contribution in [0, 0.1) is 17.0 Å². The van der Waals surface area contributed by atoms with Crippen molar-refractivity contribution in [1.82, 2.24) is 9.78 Å². The van der Waals surface area contributed by atoms with E-state index in [9.17, 15) is 8.78 Å². The zero-order valence-electron chi connectivity index (χ0n) is 11.2.